The van der Waals surface area contributed by atoms with Crippen LogP contribution in [0, 0.1) is 0 Å². The third-order valence-electron chi connectivity index (χ3n) is 2.06. The van der Waals surface area contributed by atoms with E-state index in [1.54, 1.807) is 13.0 Å². The minimum absolute atomic E-state index is 0.102. The van der Waals surface area contributed by atoms with Crippen molar-refractivity contribution < 1.29 is 9.90 Å². The van der Waals surface area contributed by atoms with Crippen molar-refractivity contribution in [2.75, 3.05) is 11.9 Å². The summed E-state index contributed by atoms with van der Waals surface area (Å²) in [6.45, 7) is 1.97. The third-order valence-corrected chi connectivity index (χ3v) is 2.06. The zero-order valence-electron chi connectivity index (χ0n) is 8.92. The molecule has 0 spiro atoms. The van der Waals surface area contributed by atoms with Crippen LogP contribution >= 0.6 is 0 Å². The summed E-state index contributed by atoms with van der Waals surface area (Å²) in [6.07, 6.45) is -0.606. The lowest BCUT2D eigenvalue weighted by Crippen LogP contribution is -2.38. The summed E-state index contributed by atoms with van der Waals surface area (Å²) in [7, 11) is 0. The number of nitrogens with zero attached hydrogens (tertiary/aromatic N) is 2. The summed E-state index contributed by atoms with van der Waals surface area (Å²) < 4.78 is 0. The first kappa shape index (κ1) is 12.3. The molecule has 0 aromatic carbocycles. The number of aromatic nitrogens is 2. The minimum atomic E-state index is -0.625. The molecule has 1 heterocycles. The SMILES string of the molecule is CC(O)C(N)CNc1ccc(C(N)=O)nn1. The van der Waals surface area contributed by atoms with E-state index in [-0.39, 0.29) is 5.69 Å². The Morgan fingerprint density at radius 1 is 1.56 bits per heavy atom. The summed E-state index contributed by atoms with van der Waals surface area (Å²) >= 11 is 0. The number of amides is 1. The van der Waals surface area contributed by atoms with Gasteiger partial charge in [-0.05, 0) is 19.1 Å². The van der Waals surface area contributed by atoms with Crippen molar-refractivity contribution in [2.45, 2.75) is 19.1 Å². The summed E-state index contributed by atoms with van der Waals surface area (Å²) in [6, 6.07) is 2.64. The Bertz CT molecular complexity index is 351. The molecule has 6 N–H and O–H groups in total. The number of hydrogen-bond acceptors (Lipinski definition) is 6. The van der Waals surface area contributed by atoms with E-state index in [1.165, 1.54) is 6.07 Å². The maximum absolute atomic E-state index is 10.7. The van der Waals surface area contributed by atoms with E-state index in [9.17, 15) is 4.79 Å². The highest BCUT2D eigenvalue weighted by Crippen LogP contribution is 2.01. The number of carbonyl (C=O) groups is 1. The monoisotopic (exact) mass is 225 g/mol. The van der Waals surface area contributed by atoms with E-state index in [2.05, 4.69) is 15.5 Å². The van der Waals surface area contributed by atoms with Gasteiger partial charge < -0.3 is 21.9 Å². The number of aliphatic hydroxyl groups excluding tert-OH is 1. The van der Waals surface area contributed by atoms with Gasteiger partial charge in [0.25, 0.3) is 5.91 Å². The number of primary amides is 1. The van der Waals surface area contributed by atoms with Gasteiger partial charge in [0.05, 0.1) is 6.10 Å². The van der Waals surface area contributed by atoms with Gasteiger partial charge in [-0.1, -0.05) is 0 Å². The Labute approximate surface area is 92.8 Å². The fourth-order valence-corrected chi connectivity index (χ4v) is 0.951. The third kappa shape index (κ3) is 3.44. The van der Waals surface area contributed by atoms with Crippen molar-refractivity contribution in [3.05, 3.63) is 17.8 Å². The van der Waals surface area contributed by atoms with Crippen LogP contribution in [0.25, 0.3) is 0 Å². The molecule has 7 nitrogen and oxygen atoms in total. The Hall–Kier alpha value is -1.73. The first-order chi connectivity index (χ1) is 7.50. The van der Waals surface area contributed by atoms with Crippen molar-refractivity contribution in [3.8, 4) is 0 Å². The highest BCUT2D eigenvalue weighted by molar-refractivity contribution is 5.90. The highest BCUT2D eigenvalue weighted by Gasteiger charge is 2.09. The first-order valence-electron chi connectivity index (χ1n) is 4.81. The van der Waals surface area contributed by atoms with Gasteiger partial charge in [-0.3, -0.25) is 4.79 Å². The van der Waals surface area contributed by atoms with Gasteiger partial charge in [0.2, 0.25) is 0 Å². The number of nitrogens with one attached hydrogen (secondary N) is 1. The topological polar surface area (TPSA) is 127 Å². The summed E-state index contributed by atoms with van der Waals surface area (Å²) in [4.78, 5) is 10.7. The molecule has 7 heteroatoms. The highest BCUT2D eigenvalue weighted by atomic mass is 16.3. The van der Waals surface area contributed by atoms with Gasteiger partial charge in [-0.2, -0.15) is 0 Å². The summed E-state index contributed by atoms with van der Waals surface area (Å²) in [5.41, 5.74) is 10.7. The lowest BCUT2D eigenvalue weighted by Gasteiger charge is -2.15. The Morgan fingerprint density at radius 3 is 2.69 bits per heavy atom. The van der Waals surface area contributed by atoms with Crippen LogP contribution in [0.15, 0.2) is 12.1 Å². The molecule has 0 radical (unpaired) electrons. The van der Waals surface area contributed by atoms with Crippen LogP contribution in [0.1, 0.15) is 17.4 Å². The summed E-state index contributed by atoms with van der Waals surface area (Å²) in [5.74, 6) is -0.152. The lowest BCUT2D eigenvalue weighted by atomic mass is 10.2. The molecular formula is C9H15N5O2. The van der Waals surface area contributed by atoms with Gasteiger partial charge in [-0.25, -0.2) is 0 Å². The molecule has 1 aromatic heterocycles. The van der Waals surface area contributed by atoms with E-state index in [4.69, 9.17) is 16.6 Å². The van der Waals surface area contributed by atoms with E-state index in [0.717, 1.165) is 0 Å². The quantitative estimate of drug-likeness (QED) is 0.493. The zero-order valence-corrected chi connectivity index (χ0v) is 8.92. The maximum atomic E-state index is 10.7. The minimum Gasteiger partial charge on any atom is -0.392 e. The van der Waals surface area contributed by atoms with E-state index < -0.39 is 18.1 Å². The molecule has 0 saturated heterocycles. The number of carbonyl (C=O) groups excluding carboxylic acids is 1. The molecular weight excluding hydrogens is 210 g/mol. The maximum Gasteiger partial charge on any atom is 0.269 e. The molecule has 2 unspecified atom stereocenters. The number of nitrogens with two attached hydrogens (primary N) is 2. The van der Waals surface area contributed by atoms with Crippen LogP contribution in [0.3, 0.4) is 0 Å². The van der Waals surface area contributed by atoms with Crippen LogP contribution in [0.4, 0.5) is 5.82 Å². The number of anilines is 1. The average Bonchev–Trinajstić information content (AvgIpc) is 2.26. The van der Waals surface area contributed by atoms with Gasteiger partial charge >= 0.3 is 0 Å². The number of hydrogen-bond donors (Lipinski definition) is 4. The first-order valence-corrected chi connectivity index (χ1v) is 4.81. The predicted octanol–water partition coefficient (Wildman–Crippen LogP) is -1.30. The van der Waals surface area contributed by atoms with Crippen LogP contribution in [0.2, 0.25) is 0 Å². The van der Waals surface area contributed by atoms with Crippen molar-refractivity contribution in [2.24, 2.45) is 11.5 Å². The fraction of sp³-hybridized carbons (Fsp3) is 0.444. The second kappa shape index (κ2) is 5.38. The molecule has 0 aliphatic heterocycles. The lowest BCUT2D eigenvalue weighted by molar-refractivity contribution is 0.0994. The molecule has 0 bridgehead atoms. The van der Waals surface area contributed by atoms with Crippen LogP contribution < -0.4 is 16.8 Å². The van der Waals surface area contributed by atoms with E-state index in [1.807, 2.05) is 0 Å². The van der Waals surface area contributed by atoms with Gasteiger partial charge in [0, 0.05) is 12.6 Å². The second-order valence-electron chi connectivity index (χ2n) is 3.45. The smallest absolute Gasteiger partial charge is 0.269 e. The van der Waals surface area contributed by atoms with Crippen LogP contribution in [-0.2, 0) is 0 Å². The Balaban J connectivity index is 2.53. The molecule has 0 aliphatic rings. The average molecular weight is 225 g/mol. The van der Waals surface area contributed by atoms with Crippen molar-refractivity contribution >= 4 is 11.7 Å². The van der Waals surface area contributed by atoms with Gasteiger partial charge in [0.15, 0.2) is 5.69 Å². The molecule has 88 valence electrons. The Morgan fingerprint density at radius 2 is 2.25 bits per heavy atom. The van der Waals surface area contributed by atoms with Crippen molar-refractivity contribution in [1.29, 1.82) is 0 Å². The number of aliphatic hydroxyl groups is 1. The van der Waals surface area contributed by atoms with Gasteiger partial charge in [0.1, 0.15) is 5.82 Å². The molecule has 1 rings (SSSR count). The molecule has 1 aromatic rings. The number of rotatable bonds is 5. The molecule has 1 amide bonds. The predicted molar refractivity (Wildman–Crippen MR) is 58.7 cm³/mol. The Kier molecular flexibility index (Phi) is 4.15. The van der Waals surface area contributed by atoms with Crippen molar-refractivity contribution in [1.82, 2.24) is 10.2 Å². The molecule has 0 fully saturated rings. The molecule has 16 heavy (non-hydrogen) atoms. The zero-order chi connectivity index (χ0) is 12.1. The molecule has 0 aliphatic carbocycles. The molecule has 0 saturated carbocycles. The normalized spacial score (nSPS) is 14.2. The van der Waals surface area contributed by atoms with Crippen molar-refractivity contribution in [3.63, 3.8) is 0 Å². The standard InChI is InChI=1S/C9H15N5O2/c1-5(15)6(10)4-12-8-3-2-7(9(11)16)13-14-8/h2-3,5-6,15H,4,10H2,1H3,(H2,11,16)(H,12,14). The summed E-state index contributed by atoms with van der Waals surface area (Å²) in [5, 5.41) is 19.4. The van der Waals surface area contributed by atoms with E-state index >= 15 is 0 Å². The van der Waals surface area contributed by atoms with Crippen LogP contribution in [0.5, 0.6) is 0 Å². The van der Waals surface area contributed by atoms with Crippen LogP contribution in [-0.4, -0.2) is 39.9 Å². The molecule has 2 atom stereocenters. The van der Waals surface area contributed by atoms with Gasteiger partial charge in [-0.15, -0.1) is 10.2 Å². The largest absolute Gasteiger partial charge is 0.392 e. The second-order valence-corrected chi connectivity index (χ2v) is 3.45. The van der Waals surface area contributed by atoms with E-state index in [0.29, 0.717) is 12.4 Å². The fourth-order valence-electron chi connectivity index (χ4n) is 0.951.